The maximum Gasteiger partial charge on any atom is 0.310 e. The van der Waals surface area contributed by atoms with E-state index < -0.39 is 11.4 Å². The molecule has 2 fully saturated rings. The number of amides is 1. The molecule has 1 heterocycles. The first-order chi connectivity index (χ1) is 9.59. The monoisotopic (exact) mass is 283 g/mol. The van der Waals surface area contributed by atoms with Gasteiger partial charge >= 0.3 is 5.97 Å². The summed E-state index contributed by atoms with van der Waals surface area (Å²) in [4.78, 5) is 25.9. The smallest absolute Gasteiger partial charge is 0.310 e. The van der Waals surface area contributed by atoms with Crippen LogP contribution in [0.5, 0.6) is 0 Å². The standard InChI is InChI=1S/C15H25NO4/c17-11-12-6-5-9-16(12)13(18)10-15(14(19)20)7-3-1-2-4-8-15/h12,17H,1-11H2,(H,19,20). The number of likely N-dealkylation sites (tertiary alicyclic amines) is 1. The van der Waals surface area contributed by atoms with Gasteiger partial charge in [0.2, 0.25) is 5.91 Å². The molecule has 1 aliphatic heterocycles. The number of aliphatic hydroxyl groups is 1. The van der Waals surface area contributed by atoms with Gasteiger partial charge in [-0.05, 0) is 25.7 Å². The van der Waals surface area contributed by atoms with Crippen LogP contribution in [0.15, 0.2) is 0 Å². The highest BCUT2D eigenvalue weighted by atomic mass is 16.4. The molecular weight excluding hydrogens is 258 g/mol. The molecule has 0 aromatic carbocycles. The van der Waals surface area contributed by atoms with Crippen molar-refractivity contribution in [2.75, 3.05) is 13.2 Å². The molecule has 2 rings (SSSR count). The number of nitrogens with zero attached hydrogens (tertiary/aromatic N) is 1. The van der Waals surface area contributed by atoms with E-state index in [1.807, 2.05) is 0 Å². The fourth-order valence-corrected chi connectivity index (χ4v) is 3.62. The van der Waals surface area contributed by atoms with E-state index in [-0.39, 0.29) is 25.0 Å². The average Bonchev–Trinajstić information content (AvgIpc) is 2.78. The third kappa shape index (κ3) is 3.14. The summed E-state index contributed by atoms with van der Waals surface area (Å²) in [5.74, 6) is -0.918. The lowest BCUT2D eigenvalue weighted by Gasteiger charge is -2.31. The molecule has 0 bridgehead atoms. The summed E-state index contributed by atoms with van der Waals surface area (Å²) in [6.45, 7) is 0.631. The van der Waals surface area contributed by atoms with E-state index >= 15 is 0 Å². The van der Waals surface area contributed by atoms with Gasteiger partial charge in [-0.3, -0.25) is 9.59 Å². The number of carbonyl (C=O) groups is 2. The molecule has 1 aliphatic carbocycles. The summed E-state index contributed by atoms with van der Waals surface area (Å²) in [7, 11) is 0. The normalized spacial score (nSPS) is 26.2. The summed E-state index contributed by atoms with van der Waals surface area (Å²) < 4.78 is 0. The second kappa shape index (κ2) is 6.57. The molecule has 1 saturated carbocycles. The van der Waals surface area contributed by atoms with E-state index in [0.29, 0.717) is 19.4 Å². The van der Waals surface area contributed by atoms with Crippen molar-refractivity contribution in [1.82, 2.24) is 4.90 Å². The van der Waals surface area contributed by atoms with Gasteiger partial charge in [0.15, 0.2) is 0 Å². The number of hydrogen-bond donors (Lipinski definition) is 2. The second-order valence-corrected chi connectivity index (χ2v) is 6.24. The van der Waals surface area contributed by atoms with Crippen LogP contribution < -0.4 is 0 Å². The quantitative estimate of drug-likeness (QED) is 0.771. The number of rotatable bonds is 4. The Morgan fingerprint density at radius 3 is 2.30 bits per heavy atom. The van der Waals surface area contributed by atoms with E-state index in [1.165, 1.54) is 0 Å². The van der Waals surface area contributed by atoms with Gasteiger partial charge in [0.25, 0.3) is 0 Å². The first kappa shape index (κ1) is 15.3. The van der Waals surface area contributed by atoms with Crippen molar-refractivity contribution in [1.29, 1.82) is 0 Å². The zero-order valence-electron chi connectivity index (χ0n) is 12.0. The zero-order chi connectivity index (χ0) is 14.6. The second-order valence-electron chi connectivity index (χ2n) is 6.24. The van der Waals surface area contributed by atoms with Crippen LogP contribution in [0.25, 0.3) is 0 Å². The van der Waals surface area contributed by atoms with Crippen LogP contribution in [0, 0.1) is 5.41 Å². The molecule has 5 heteroatoms. The number of carboxylic acid groups (broad SMARTS) is 1. The Balaban J connectivity index is 2.07. The van der Waals surface area contributed by atoms with Crippen molar-refractivity contribution in [2.45, 2.75) is 63.8 Å². The van der Waals surface area contributed by atoms with Gasteiger partial charge in [0, 0.05) is 13.0 Å². The first-order valence-electron chi connectivity index (χ1n) is 7.73. The molecular formula is C15H25NO4. The van der Waals surface area contributed by atoms with Gasteiger partial charge < -0.3 is 15.1 Å². The molecule has 0 spiro atoms. The number of aliphatic hydroxyl groups excluding tert-OH is 1. The summed E-state index contributed by atoms with van der Waals surface area (Å²) in [5, 5.41) is 18.9. The molecule has 1 amide bonds. The summed E-state index contributed by atoms with van der Waals surface area (Å²) in [6.07, 6.45) is 6.93. The zero-order valence-corrected chi connectivity index (χ0v) is 12.0. The highest BCUT2D eigenvalue weighted by Gasteiger charge is 2.42. The Kier molecular flexibility index (Phi) is 5.02. The summed E-state index contributed by atoms with van der Waals surface area (Å²) in [5.41, 5.74) is -0.879. The van der Waals surface area contributed by atoms with Gasteiger partial charge in [0.05, 0.1) is 18.1 Å². The third-order valence-corrected chi connectivity index (χ3v) is 4.91. The molecule has 114 valence electrons. The average molecular weight is 283 g/mol. The molecule has 2 N–H and O–H groups in total. The highest BCUT2D eigenvalue weighted by Crippen LogP contribution is 2.39. The Labute approximate surface area is 120 Å². The molecule has 0 aromatic heterocycles. The van der Waals surface area contributed by atoms with E-state index in [1.54, 1.807) is 4.90 Å². The summed E-state index contributed by atoms with van der Waals surface area (Å²) in [6, 6.07) is -0.112. The predicted octanol–water partition coefficient (Wildman–Crippen LogP) is 1.78. The van der Waals surface area contributed by atoms with E-state index in [0.717, 1.165) is 38.5 Å². The lowest BCUT2D eigenvalue weighted by Crippen LogP contribution is -2.42. The van der Waals surface area contributed by atoms with Crippen molar-refractivity contribution in [2.24, 2.45) is 5.41 Å². The molecule has 1 atom stereocenters. The Morgan fingerprint density at radius 2 is 1.75 bits per heavy atom. The fraction of sp³-hybridized carbons (Fsp3) is 0.867. The fourth-order valence-electron chi connectivity index (χ4n) is 3.62. The molecule has 20 heavy (non-hydrogen) atoms. The van der Waals surface area contributed by atoms with Gasteiger partial charge in [-0.15, -0.1) is 0 Å². The maximum absolute atomic E-state index is 12.5. The molecule has 5 nitrogen and oxygen atoms in total. The van der Waals surface area contributed by atoms with Gasteiger partial charge in [-0.1, -0.05) is 25.7 Å². The molecule has 1 saturated heterocycles. The van der Waals surface area contributed by atoms with Crippen molar-refractivity contribution in [3.05, 3.63) is 0 Å². The summed E-state index contributed by atoms with van der Waals surface area (Å²) >= 11 is 0. The molecule has 0 aromatic rings. The largest absolute Gasteiger partial charge is 0.481 e. The van der Waals surface area contributed by atoms with Crippen molar-refractivity contribution < 1.29 is 19.8 Å². The number of hydrogen-bond acceptors (Lipinski definition) is 3. The molecule has 2 aliphatic rings. The van der Waals surface area contributed by atoms with Crippen LogP contribution in [-0.4, -0.2) is 46.2 Å². The number of aliphatic carboxylic acids is 1. The lowest BCUT2D eigenvalue weighted by atomic mass is 9.77. The number of carbonyl (C=O) groups excluding carboxylic acids is 1. The van der Waals surface area contributed by atoms with Crippen molar-refractivity contribution in [3.8, 4) is 0 Å². The maximum atomic E-state index is 12.5. The lowest BCUT2D eigenvalue weighted by molar-refractivity contribution is -0.155. The van der Waals surface area contributed by atoms with Crippen LogP contribution in [0.4, 0.5) is 0 Å². The number of carboxylic acids is 1. The van der Waals surface area contributed by atoms with Gasteiger partial charge in [0.1, 0.15) is 0 Å². The van der Waals surface area contributed by atoms with Crippen LogP contribution in [0.1, 0.15) is 57.8 Å². The van der Waals surface area contributed by atoms with E-state index in [9.17, 15) is 19.8 Å². The first-order valence-corrected chi connectivity index (χ1v) is 7.73. The van der Waals surface area contributed by atoms with E-state index in [2.05, 4.69) is 0 Å². The molecule has 0 radical (unpaired) electrons. The van der Waals surface area contributed by atoms with Crippen LogP contribution in [-0.2, 0) is 9.59 Å². The topological polar surface area (TPSA) is 77.8 Å². The minimum atomic E-state index is -0.879. The van der Waals surface area contributed by atoms with Crippen molar-refractivity contribution >= 4 is 11.9 Å². The highest BCUT2D eigenvalue weighted by molar-refractivity contribution is 5.85. The van der Waals surface area contributed by atoms with E-state index in [4.69, 9.17) is 0 Å². The van der Waals surface area contributed by atoms with Gasteiger partial charge in [-0.2, -0.15) is 0 Å². The van der Waals surface area contributed by atoms with Crippen molar-refractivity contribution in [3.63, 3.8) is 0 Å². The SMILES string of the molecule is O=C(CC1(C(=O)O)CCCCCC1)N1CCCC1CO. The van der Waals surface area contributed by atoms with Crippen LogP contribution in [0.2, 0.25) is 0 Å². The third-order valence-electron chi connectivity index (χ3n) is 4.91. The minimum absolute atomic E-state index is 0.0220. The van der Waals surface area contributed by atoms with Crippen LogP contribution >= 0.6 is 0 Å². The van der Waals surface area contributed by atoms with Crippen LogP contribution in [0.3, 0.4) is 0 Å². The molecule has 1 unspecified atom stereocenters. The Hall–Kier alpha value is -1.10. The Bertz CT molecular complexity index is 361. The minimum Gasteiger partial charge on any atom is -0.481 e. The van der Waals surface area contributed by atoms with Gasteiger partial charge in [-0.25, -0.2) is 0 Å². The Morgan fingerprint density at radius 1 is 1.10 bits per heavy atom. The predicted molar refractivity (Wildman–Crippen MR) is 74.2 cm³/mol.